The van der Waals surface area contributed by atoms with Crippen molar-refractivity contribution in [3.05, 3.63) is 0 Å². The molecule has 0 aliphatic heterocycles. The number of unbranched alkanes of at least 4 members (excludes halogenated alkanes) is 2. The third-order valence-corrected chi connectivity index (χ3v) is 3.61. The van der Waals surface area contributed by atoms with Crippen molar-refractivity contribution in [2.45, 2.75) is 65.2 Å². The SMILES string of the molecule is CC(=O)CCCCC(=O)NCCNCCNC(=O)CCCCC(C)=O. The van der Waals surface area contributed by atoms with E-state index in [9.17, 15) is 19.2 Å². The molecule has 0 heterocycles. The van der Waals surface area contributed by atoms with Gasteiger partial charge in [0.2, 0.25) is 11.8 Å². The average Bonchev–Trinajstić information content (AvgIpc) is 2.54. The summed E-state index contributed by atoms with van der Waals surface area (Å²) < 4.78 is 0. The highest BCUT2D eigenvalue weighted by Gasteiger charge is 2.02. The molecule has 0 aromatic heterocycles. The maximum atomic E-state index is 11.5. The molecule has 0 aliphatic carbocycles. The van der Waals surface area contributed by atoms with Crippen LogP contribution in [0.3, 0.4) is 0 Å². The van der Waals surface area contributed by atoms with Crippen LogP contribution >= 0.6 is 0 Å². The van der Waals surface area contributed by atoms with Gasteiger partial charge in [0.1, 0.15) is 11.6 Å². The van der Waals surface area contributed by atoms with Crippen molar-refractivity contribution in [1.82, 2.24) is 16.0 Å². The van der Waals surface area contributed by atoms with Crippen molar-refractivity contribution in [2.75, 3.05) is 26.2 Å². The Morgan fingerprint density at radius 1 is 0.560 bits per heavy atom. The lowest BCUT2D eigenvalue weighted by Gasteiger charge is -2.08. The summed E-state index contributed by atoms with van der Waals surface area (Å²) in [5.41, 5.74) is 0. The Hall–Kier alpha value is -1.76. The first-order valence-corrected chi connectivity index (χ1v) is 9.14. The fourth-order valence-corrected chi connectivity index (χ4v) is 2.20. The number of Topliss-reactive ketones (excluding diaryl/α,β-unsaturated/α-hetero) is 2. The van der Waals surface area contributed by atoms with E-state index in [1.54, 1.807) is 13.8 Å². The Morgan fingerprint density at radius 3 is 1.28 bits per heavy atom. The molecule has 144 valence electrons. The van der Waals surface area contributed by atoms with Gasteiger partial charge < -0.3 is 25.5 Å². The molecule has 0 fully saturated rings. The zero-order chi connectivity index (χ0) is 18.9. The minimum atomic E-state index is 0.00390. The maximum absolute atomic E-state index is 11.5. The molecule has 0 rings (SSSR count). The van der Waals surface area contributed by atoms with Crippen LogP contribution in [0.1, 0.15) is 65.2 Å². The van der Waals surface area contributed by atoms with Crippen LogP contribution in [0.5, 0.6) is 0 Å². The number of nitrogens with one attached hydrogen (secondary N) is 3. The zero-order valence-corrected chi connectivity index (χ0v) is 15.6. The highest BCUT2D eigenvalue weighted by Crippen LogP contribution is 2.00. The predicted molar refractivity (Wildman–Crippen MR) is 97.2 cm³/mol. The second-order valence-corrected chi connectivity index (χ2v) is 6.27. The normalized spacial score (nSPS) is 10.3. The maximum Gasteiger partial charge on any atom is 0.220 e. The van der Waals surface area contributed by atoms with Crippen molar-refractivity contribution in [3.63, 3.8) is 0 Å². The molecule has 25 heavy (non-hydrogen) atoms. The molecule has 7 nitrogen and oxygen atoms in total. The van der Waals surface area contributed by atoms with Gasteiger partial charge >= 0.3 is 0 Å². The molecule has 0 spiro atoms. The summed E-state index contributed by atoms with van der Waals surface area (Å²) in [4.78, 5) is 44.6. The molecular weight excluding hydrogens is 322 g/mol. The van der Waals surface area contributed by atoms with E-state index in [2.05, 4.69) is 16.0 Å². The minimum Gasteiger partial charge on any atom is -0.355 e. The van der Waals surface area contributed by atoms with E-state index in [0.29, 0.717) is 51.9 Å². The van der Waals surface area contributed by atoms with Crippen molar-refractivity contribution in [2.24, 2.45) is 0 Å². The van der Waals surface area contributed by atoms with Crippen molar-refractivity contribution in [1.29, 1.82) is 0 Å². The third kappa shape index (κ3) is 18.4. The number of hydrogen-bond acceptors (Lipinski definition) is 5. The fraction of sp³-hybridized carbons (Fsp3) is 0.778. The molecule has 0 unspecified atom stereocenters. The van der Waals surface area contributed by atoms with Gasteiger partial charge in [0, 0.05) is 51.9 Å². The third-order valence-electron chi connectivity index (χ3n) is 3.61. The number of amides is 2. The first-order valence-electron chi connectivity index (χ1n) is 9.14. The average molecular weight is 355 g/mol. The Labute approximate surface area is 150 Å². The molecule has 3 N–H and O–H groups in total. The summed E-state index contributed by atoms with van der Waals surface area (Å²) in [6.45, 7) is 5.50. The molecular formula is C18H33N3O4. The van der Waals surface area contributed by atoms with Crippen LogP contribution in [0, 0.1) is 0 Å². The van der Waals surface area contributed by atoms with Gasteiger partial charge in [0.05, 0.1) is 0 Å². The standard InChI is InChI=1S/C18H33N3O4/c1-15(22)7-3-5-9-17(24)20-13-11-19-12-14-21-18(25)10-6-4-8-16(2)23/h19H,3-14H2,1-2H3,(H,20,24)(H,21,25). The van der Waals surface area contributed by atoms with E-state index in [4.69, 9.17) is 0 Å². The molecule has 7 heteroatoms. The number of carbonyl (C=O) groups is 4. The van der Waals surface area contributed by atoms with Gasteiger partial charge in [0.25, 0.3) is 0 Å². The molecule has 0 aliphatic rings. The lowest BCUT2D eigenvalue weighted by molar-refractivity contribution is -0.122. The van der Waals surface area contributed by atoms with Crippen LogP contribution < -0.4 is 16.0 Å². The molecule has 0 aromatic carbocycles. The molecule has 0 aromatic rings. The monoisotopic (exact) mass is 355 g/mol. The summed E-state index contributed by atoms with van der Waals surface area (Å²) in [6, 6.07) is 0. The molecule has 0 saturated heterocycles. The van der Waals surface area contributed by atoms with Crippen LogP contribution in [-0.2, 0) is 19.2 Å². The summed E-state index contributed by atoms with van der Waals surface area (Å²) in [7, 11) is 0. The van der Waals surface area contributed by atoms with Gasteiger partial charge in [0.15, 0.2) is 0 Å². The van der Waals surface area contributed by atoms with Gasteiger partial charge in [-0.25, -0.2) is 0 Å². The Bertz CT molecular complexity index is 387. The molecule has 0 radical (unpaired) electrons. The summed E-state index contributed by atoms with van der Waals surface area (Å²) in [6.07, 6.45) is 4.97. The zero-order valence-electron chi connectivity index (χ0n) is 15.6. The Kier molecular flexibility index (Phi) is 14.6. The van der Waals surface area contributed by atoms with Gasteiger partial charge in [-0.15, -0.1) is 0 Å². The summed E-state index contributed by atoms with van der Waals surface area (Å²) in [5, 5.41) is 8.77. The highest BCUT2D eigenvalue weighted by molar-refractivity contribution is 5.77. The Balaban J connectivity index is 3.34. The minimum absolute atomic E-state index is 0.00390. The number of ketones is 2. The summed E-state index contributed by atoms with van der Waals surface area (Å²) >= 11 is 0. The summed E-state index contributed by atoms with van der Waals surface area (Å²) in [5.74, 6) is 0.328. The fourth-order valence-electron chi connectivity index (χ4n) is 2.20. The smallest absolute Gasteiger partial charge is 0.220 e. The lowest BCUT2D eigenvalue weighted by atomic mass is 10.1. The van der Waals surface area contributed by atoms with Crippen LogP contribution in [-0.4, -0.2) is 49.6 Å². The lowest BCUT2D eigenvalue weighted by Crippen LogP contribution is -2.36. The van der Waals surface area contributed by atoms with Gasteiger partial charge in [-0.1, -0.05) is 0 Å². The van der Waals surface area contributed by atoms with Crippen LogP contribution in [0.15, 0.2) is 0 Å². The van der Waals surface area contributed by atoms with Crippen LogP contribution in [0.2, 0.25) is 0 Å². The number of carbonyl (C=O) groups excluding carboxylic acids is 4. The molecule has 0 bridgehead atoms. The highest BCUT2D eigenvalue weighted by atomic mass is 16.2. The second kappa shape index (κ2) is 15.7. The van der Waals surface area contributed by atoms with Crippen molar-refractivity contribution < 1.29 is 19.2 Å². The Morgan fingerprint density at radius 2 is 0.920 bits per heavy atom. The van der Waals surface area contributed by atoms with E-state index in [1.807, 2.05) is 0 Å². The van der Waals surface area contributed by atoms with Crippen molar-refractivity contribution >= 4 is 23.4 Å². The number of rotatable bonds is 16. The van der Waals surface area contributed by atoms with E-state index in [0.717, 1.165) is 25.7 Å². The van der Waals surface area contributed by atoms with E-state index < -0.39 is 0 Å². The molecule has 0 atom stereocenters. The van der Waals surface area contributed by atoms with Gasteiger partial charge in [-0.3, -0.25) is 9.59 Å². The van der Waals surface area contributed by atoms with Crippen molar-refractivity contribution in [3.8, 4) is 0 Å². The quantitative estimate of drug-likeness (QED) is 0.360. The molecule has 2 amide bonds. The van der Waals surface area contributed by atoms with Gasteiger partial charge in [-0.2, -0.15) is 0 Å². The number of hydrogen-bond donors (Lipinski definition) is 3. The predicted octanol–water partition coefficient (Wildman–Crippen LogP) is 1.11. The first kappa shape index (κ1) is 23.2. The van der Waals surface area contributed by atoms with E-state index in [-0.39, 0.29) is 23.4 Å². The second-order valence-electron chi connectivity index (χ2n) is 6.27. The van der Waals surface area contributed by atoms with Crippen LogP contribution in [0.25, 0.3) is 0 Å². The topological polar surface area (TPSA) is 104 Å². The van der Waals surface area contributed by atoms with E-state index in [1.165, 1.54) is 0 Å². The van der Waals surface area contributed by atoms with Gasteiger partial charge in [-0.05, 0) is 39.5 Å². The first-order chi connectivity index (χ1) is 11.9. The largest absolute Gasteiger partial charge is 0.355 e. The van der Waals surface area contributed by atoms with Crippen LogP contribution in [0.4, 0.5) is 0 Å². The van der Waals surface area contributed by atoms with E-state index >= 15 is 0 Å². The molecule has 0 saturated carbocycles.